The van der Waals surface area contributed by atoms with Crippen molar-refractivity contribution in [2.45, 2.75) is 25.3 Å². The van der Waals surface area contributed by atoms with Crippen molar-refractivity contribution in [2.75, 3.05) is 0 Å². The molecule has 104 valence electrons. The Morgan fingerprint density at radius 2 is 1.56 bits per heavy atom. The van der Waals surface area contributed by atoms with Crippen molar-refractivity contribution in [2.24, 2.45) is 5.73 Å². The lowest BCUT2D eigenvalue weighted by Crippen LogP contribution is -2.28. The lowest BCUT2D eigenvalue weighted by atomic mass is 10.0. The van der Waals surface area contributed by atoms with Gasteiger partial charge in [-0.3, -0.25) is 0 Å². The molecule has 0 amide bonds. The van der Waals surface area contributed by atoms with E-state index in [0.717, 1.165) is 19.1 Å². The molecule has 0 radical (unpaired) electrons. The van der Waals surface area contributed by atoms with Gasteiger partial charge in [-0.15, -0.1) is 12.4 Å². The fourth-order valence-corrected chi connectivity index (χ4v) is 1.39. The average Bonchev–Trinajstić information content (AvgIpc) is 2.12. The molecule has 0 saturated carbocycles. The van der Waals surface area contributed by atoms with Crippen LogP contribution in [0.5, 0.6) is 0 Å². The predicted molar refractivity (Wildman–Crippen MR) is 56.4 cm³/mol. The molecule has 1 aromatic rings. The molecule has 1 nitrogen and oxygen atoms in total. The van der Waals surface area contributed by atoms with E-state index in [1.807, 2.05) is 0 Å². The quantitative estimate of drug-likeness (QED) is 0.778. The van der Waals surface area contributed by atoms with Crippen LogP contribution in [0.3, 0.4) is 0 Å². The maximum Gasteiger partial charge on any atom is 0.416 e. The van der Waals surface area contributed by atoms with Gasteiger partial charge in [0.2, 0.25) is 0 Å². The number of rotatable bonds is 1. The number of alkyl halides is 6. The number of benzene rings is 1. The molecule has 0 unspecified atom stereocenters. The molecule has 0 heterocycles. The monoisotopic (exact) mass is 293 g/mol. The summed E-state index contributed by atoms with van der Waals surface area (Å²) in [7, 11) is 0. The van der Waals surface area contributed by atoms with Crippen molar-refractivity contribution < 1.29 is 26.3 Å². The van der Waals surface area contributed by atoms with Crippen LogP contribution >= 0.6 is 12.4 Å². The van der Waals surface area contributed by atoms with Crippen LogP contribution < -0.4 is 5.73 Å². The minimum Gasteiger partial charge on any atom is -0.316 e. The van der Waals surface area contributed by atoms with Crippen LogP contribution in [-0.4, -0.2) is 6.18 Å². The van der Waals surface area contributed by atoms with E-state index in [9.17, 15) is 26.3 Å². The molecule has 8 heteroatoms. The molecule has 1 atom stereocenters. The molecule has 0 bridgehead atoms. The predicted octanol–water partition coefficient (Wildman–Crippen LogP) is 4.00. The van der Waals surface area contributed by atoms with Gasteiger partial charge in [-0.1, -0.05) is 12.1 Å². The van der Waals surface area contributed by atoms with Gasteiger partial charge >= 0.3 is 12.4 Å². The third-order valence-electron chi connectivity index (χ3n) is 2.27. The molecule has 0 saturated heterocycles. The highest BCUT2D eigenvalue weighted by Crippen LogP contribution is 2.35. The topological polar surface area (TPSA) is 26.0 Å². The number of hydrogen-bond donors (Lipinski definition) is 1. The smallest absolute Gasteiger partial charge is 0.316 e. The first-order valence-electron chi connectivity index (χ1n) is 4.53. The Bertz CT molecular complexity index is 412. The van der Waals surface area contributed by atoms with E-state index in [4.69, 9.17) is 5.73 Å². The molecule has 0 aliphatic carbocycles. The van der Waals surface area contributed by atoms with Crippen LogP contribution in [0.2, 0.25) is 0 Å². The van der Waals surface area contributed by atoms with E-state index >= 15 is 0 Å². The molecule has 1 aromatic carbocycles. The fourth-order valence-electron chi connectivity index (χ4n) is 1.39. The van der Waals surface area contributed by atoms with Gasteiger partial charge in [0.05, 0.1) is 5.56 Å². The Labute approximate surface area is 105 Å². The molecule has 2 N–H and O–H groups in total. The van der Waals surface area contributed by atoms with Crippen LogP contribution in [-0.2, 0) is 6.18 Å². The Hall–Kier alpha value is -0.950. The SMILES string of the molecule is Cc1cc([C@@H](N)C(F)(F)F)ccc1C(F)(F)F.Cl. The summed E-state index contributed by atoms with van der Waals surface area (Å²) in [5, 5.41) is 0. The van der Waals surface area contributed by atoms with Crippen molar-refractivity contribution in [3.05, 3.63) is 34.9 Å². The highest BCUT2D eigenvalue weighted by atomic mass is 35.5. The molecule has 0 aliphatic heterocycles. The van der Waals surface area contributed by atoms with Crippen LogP contribution in [0.25, 0.3) is 0 Å². The molecule has 1 rings (SSSR count). The summed E-state index contributed by atoms with van der Waals surface area (Å²) < 4.78 is 73.8. The van der Waals surface area contributed by atoms with Crippen LogP contribution in [0.1, 0.15) is 22.7 Å². The zero-order valence-electron chi connectivity index (χ0n) is 9.06. The number of aryl methyl sites for hydroxylation is 1. The Morgan fingerprint density at radius 3 is 1.89 bits per heavy atom. The van der Waals surface area contributed by atoms with E-state index in [0.29, 0.717) is 6.07 Å². The van der Waals surface area contributed by atoms with Gasteiger partial charge in [0.25, 0.3) is 0 Å². The summed E-state index contributed by atoms with van der Waals surface area (Å²) in [4.78, 5) is 0. The van der Waals surface area contributed by atoms with Crippen molar-refractivity contribution in [3.8, 4) is 0 Å². The molecular formula is C10H10ClF6N. The maximum absolute atomic E-state index is 12.4. The van der Waals surface area contributed by atoms with E-state index in [-0.39, 0.29) is 23.5 Å². The lowest BCUT2D eigenvalue weighted by Gasteiger charge is -2.18. The highest BCUT2D eigenvalue weighted by Gasteiger charge is 2.39. The van der Waals surface area contributed by atoms with Crippen LogP contribution in [0, 0.1) is 6.92 Å². The summed E-state index contributed by atoms with van der Waals surface area (Å²) in [6, 6.07) is -0.117. The first-order valence-corrected chi connectivity index (χ1v) is 4.53. The number of hydrogen-bond acceptors (Lipinski definition) is 1. The standard InChI is InChI=1S/C10H9F6N.ClH/c1-5-4-6(8(17)10(14,15)16)2-3-7(5)9(11,12)13;/h2-4,8H,17H2,1H3;1H/t8-;/m1./s1. The van der Waals surface area contributed by atoms with Gasteiger partial charge in [-0.25, -0.2) is 0 Å². The summed E-state index contributed by atoms with van der Waals surface area (Å²) in [6.07, 6.45) is -9.25. The molecule has 0 fully saturated rings. The third-order valence-corrected chi connectivity index (χ3v) is 2.27. The van der Waals surface area contributed by atoms with Gasteiger partial charge in [0.15, 0.2) is 0 Å². The van der Waals surface area contributed by atoms with Gasteiger partial charge in [0.1, 0.15) is 6.04 Å². The lowest BCUT2D eigenvalue weighted by molar-refractivity contribution is -0.149. The summed E-state index contributed by atoms with van der Waals surface area (Å²) >= 11 is 0. The van der Waals surface area contributed by atoms with Crippen LogP contribution in [0.15, 0.2) is 18.2 Å². The first kappa shape index (κ1) is 17.1. The third kappa shape index (κ3) is 3.78. The van der Waals surface area contributed by atoms with E-state index in [1.165, 1.54) is 0 Å². The number of nitrogens with two attached hydrogens (primary N) is 1. The van der Waals surface area contributed by atoms with Crippen molar-refractivity contribution in [1.29, 1.82) is 0 Å². The van der Waals surface area contributed by atoms with Gasteiger partial charge in [-0.05, 0) is 24.1 Å². The number of halogens is 7. The molecule has 0 spiro atoms. The zero-order valence-corrected chi connectivity index (χ0v) is 9.88. The molecular weight excluding hydrogens is 284 g/mol. The highest BCUT2D eigenvalue weighted by molar-refractivity contribution is 5.85. The second kappa shape index (κ2) is 5.36. The largest absolute Gasteiger partial charge is 0.416 e. The summed E-state index contributed by atoms with van der Waals surface area (Å²) in [5.41, 5.74) is 3.26. The van der Waals surface area contributed by atoms with E-state index < -0.39 is 24.0 Å². The molecule has 18 heavy (non-hydrogen) atoms. The van der Waals surface area contributed by atoms with Gasteiger partial charge in [-0.2, -0.15) is 26.3 Å². The zero-order chi connectivity index (χ0) is 13.4. The molecule has 0 aliphatic rings. The summed E-state index contributed by atoms with van der Waals surface area (Å²) in [6.45, 7) is 1.09. The Morgan fingerprint density at radius 1 is 1.06 bits per heavy atom. The summed E-state index contributed by atoms with van der Waals surface area (Å²) in [5.74, 6) is 0. The minimum atomic E-state index is -4.67. The van der Waals surface area contributed by atoms with Crippen molar-refractivity contribution in [1.82, 2.24) is 0 Å². The average molecular weight is 294 g/mol. The first-order chi connectivity index (χ1) is 7.53. The second-order valence-corrected chi connectivity index (χ2v) is 3.59. The maximum atomic E-state index is 12.4. The van der Waals surface area contributed by atoms with Gasteiger partial charge in [0, 0.05) is 0 Å². The Balaban J connectivity index is 0.00000289. The van der Waals surface area contributed by atoms with E-state index in [1.54, 1.807) is 0 Å². The van der Waals surface area contributed by atoms with E-state index in [2.05, 4.69) is 0 Å². The Kier molecular flexibility index (Phi) is 5.07. The van der Waals surface area contributed by atoms with Crippen molar-refractivity contribution in [3.63, 3.8) is 0 Å². The fraction of sp³-hybridized carbons (Fsp3) is 0.400. The second-order valence-electron chi connectivity index (χ2n) is 3.59. The minimum absolute atomic E-state index is 0. The van der Waals surface area contributed by atoms with Crippen molar-refractivity contribution >= 4 is 12.4 Å². The van der Waals surface area contributed by atoms with Gasteiger partial charge < -0.3 is 5.73 Å². The van der Waals surface area contributed by atoms with Crippen LogP contribution in [0.4, 0.5) is 26.3 Å². The molecule has 0 aromatic heterocycles. The normalized spacial score (nSPS) is 14.0.